The topological polar surface area (TPSA) is 98.7 Å². The second-order valence-electron chi connectivity index (χ2n) is 7.29. The minimum Gasteiger partial charge on any atom is -0.324 e. The van der Waals surface area contributed by atoms with Crippen LogP contribution in [0.25, 0.3) is 22.5 Å². The smallest absolute Gasteiger partial charge is 0.324 e. The van der Waals surface area contributed by atoms with Gasteiger partial charge in [0.05, 0.1) is 35.4 Å². The van der Waals surface area contributed by atoms with E-state index in [-0.39, 0.29) is 28.2 Å². The number of nitrogens with zero attached hydrogens (tertiary/aromatic N) is 4. The Morgan fingerprint density at radius 2 is 1.83 bits per heavy atom. The molecule has 0 unspecified atom stereocenters. The minimum atomic E-state index is -4.80. The van der Waals surface area contributed by atoms with Crippen molar-refractivity contribution < 1.29 is 26.7 Å². The highest BCUT2D eigenvalue weighted by Crippen LogP contribution is 2.37. The number of nitrogens with one attached hydrogen (secondary N) is 1. The lowest BCUT2D eigenvalue weighted by atomic mass is 10.0. The van der Waals surface area contributed by atoms with E-state index in [0.717, 1.165) is 24.4 Å². The van der Waals surface area contributed by atoms with Crippen LogP contribution in [0.15, 0.2) is 67.0 Å². The number of nitrogens with two attached hydrogens (primary N) is 1. The molecule has 2 aromatic heterocycles. The second-order valence-corrected chi connectivity index (χ2v) is 7.29. The zero-order valence-electron chi connectivity index (χ0n) is 17.8. The van der Waals surface area contributed by atoms with E-state index in [4.69, 9.17) is 5.73 Å². The van der Waals surface area contributed by atoms with Gasteiger partial charge in [0.2, 0.25) is 0 Å². The van der Waals surface area contributed by atoms with Crippen molar-refractivity contribution in [2.75, 3.05) is 5.32 Å². The number of halogens is 5. The first-order chi connectivity index (χ1) is 16.7. The van der Waals surface area contributed by atoms with E-state index < -0.39 is 29.8 Å². The van der Waals surface area contributed by atoms with Gasteiger partial charge in [-0.3, -0.25) is 4.79 Å². The standard InChI is InChI=1S/C23H17F5N6O/c24-22(25)34-9-8-17(33-34)15-10-14(6-7-16(15)23(26,27)28)21(35)31-18-12-30-19(11-29)32-20(18)13-4-2-1-3-5-13/h1-10,12,22H,11,29H2,(H,31,35). The van der Waals surface area contributed by atoms with Gasteiger partial charge in [-0.25, -0.2) is 14.6 Å². The molecule has 35 heavy (non-hydrogen) atoms. The maximum Gasteiger partial charge on any atom is 0.417 e. The first-order valence-electron chi connectivity index (χ1n) is 10.1. The molecule has 1 amide bonds. The van der Waals surface area contributed by atoms with E-state index in [0.29, 0.717) is 23.1 Å². The molecule has 0 saturated heterocycles. The van der Waals surface area contributed by atoms with Gasteiger partial charge in [-0.1, -0.05) is 30.3 Å². The molecule has 4 aromatic rings. The third kappa shape index (κ3) is 5.17. The molecule has 0 bridgehead atoms. The van der Waals surface area contributed by atoms with Gasteiger partial charge >= 0.3 is 12.7 Å². The van der Waals surface area contributed by atoms with Crippen LogP contribution in [0.2, 0.25) is 0 Å². The summed E-state index contributed by atoms with van der Waals surface area (Å²) in [6.07, 6.45) is -2.59. The van der Waals surface area contributed by atoms with Crippen LogP contribution in [0.3, 0.4) is 0 Å². The maximum atomic E-state index is 13.6. The summed E-state index contributed by atoms with van der Waals surface area (Å²) < 4.78 is 66.8. The number of hydrogen-bond acceptors (Lipinski definition) is 5. The zero-order valence-corrected chi connectivity index (χ0v) is 17.8. The third-order valence-electron chi connectivity index (χ3n) is 4.99. The quantitative estimate of drug-likeness (QED) is 0.367. The Morgan fingerprint density at radius 1 is 1.09 bits per heavy atom. The van der Waals surface area contributed by atoms with Gasteiger partial charge in [0.15, 0.2) is 0 Å². The van der Waals surface area contributed by atoms with Crippen LogP contribution in [0, 0.1) is 0 Å². The lowest BCUT2D eigenvalue weighted by Gasteiger charge is -2.14. The van der Waals surface area contributed by atoms with Gasteiger partial charge in [-0.2, -0.15) is 27.1 Å². The SMILES string of the molecule is NCc1ncc(NC(=O)c2ccc(C(F)(F)F)c(-c3ccn(C(F)F)n3)c2)c(-c2ccccc2)n1. The van der Waals surface area contributed by atoms with Crippen molar-refractivity contribution in [2.45, 2.75) is 19.3 Å². The fourth-order valence-electron chi connectivity index (χ4n) is 3.35. The maximum absolute atomic E-state index is 13.6. The van der Waals surface area contributed by atoms with Crippen LogP contribution in [-0.2, 0) is 12.7 Å². The minimum absolute atomic E-state index is 0.0571. The molecule has 4 rings (SSSR count). The van der Waals surface area contributed by atoms with E-state index in [1.807, 2.05) is 0 Å². The average molecular weight is 488 g/mol. The molecule has 2 heterocycles. The molecule has 180 valence electrons. The van der Waals surface area contributed by atoms with E-state index in [1.54, 1.807) is 30.3 Å². The van der Waals surface area contributed by atoms with Gasteiger partial charge in [-0.15, -0.1) is 0 Å². The van der Waals surface area contributed by atoms with Crippen LogP contribution in [0.4, 0.5) is 27.6 Å². The lowest BCUT2D eigenvalue weighted by molar-refractivity contribution is -0.137. The number of alkyl halides is 5. The highest BCUT2D eigenvalue weighted by molar-refractivity contribution is 6.06. The Labute approximate surface area is 195 Å². The van der Waals surface area contributed by atoms with Crippen molar-refractivity contribution in [2.24, 2.45) is 5.73 Å². The number of aromatic nitrogens is 4. The summed E-state index contributed by atoms with van der Waals surface area (Å²) in [7, 11) is 0. The Bertz CT molecular complexity index is 1350. The highest BCUT2D eigenvalue weighted by atomic mass is 19.4. The molecule has 0 aliphatic rings. The van der Waals surface area contributed by atoms with Crippen molar-refractivity contribution >= 4 is 11.6 Å². The lowest BCUT2D eigenvalue weighted by Crippen LogP contribution is -2.16. The molecular formula is C23H17F5N6O. The highest BCUT2D eigenvalue weighted by Gasteiger charge is 2.35. The molecule has 0 aliphatic heterocycles. The summed E-state index contributed by atoms with van der Waals surface area (Å²) in [5, 5.41) is 6.12. The van der Waals surface area contributed by atoms with E-state index in [2.05, 4.69) is 20.4 Å². The predicted octanol–water partition coefficient (Wildman–Crippen LogP) is 5.13. The number of carbonyl (C=O) groups excluding carboxylic acids is 1. The normalized spacial score (nSPS) is 11.6. The molecular weight excluding hydrogens is 471 g/mol. The van der Waals surface area contributed by atoms with Crippen LogP contribution in [-0.4, -0.2) is 25.7 Å². The molecule has 3 N–H and O–H groups in total. The molecule has 0 aliphatic carbocycles. The third-order valence-corrected chi connectivity index (χ3v) is 4.99. The first kappa shape index (κ1) is 24.0. The summed E-state index contributed by atoms with van der Waals surface area (Å²) in [6, 6.07) is 12.5. The Balaban J connectivity index is 1.73. The number of benzene rings is 2. The molecule has 0 atom stereocenters. The molecule has 2 aromatic carbocycles. The fourth-order valence-corrected chi connectivity index (χ4v) is 3.35. The van der Waals surface area contributed by atoms with Gasteiger partial charge in [-0.05, 0) is 24.3 Å². The molecule has 12 heteroatoms. The van der Waals surface area contributed by atoms with Crippen LogP contribution in [0.1, 0.15) is 28.3 Å². The van der Waals surface area contributed by atoms with Gasteiger partial charge in [0, 0.05) is 22.9 Å². The van der Waals surface area contributed by atoms with Crippen LogP contribution in [0.5, 0.6) is 0 Å². The number of hydrogen-bond donors (Lipinski definition) is 2. The molecule has 0 saturated carbocycles. The summed E-state index contributed by atoms with van der Waals surface area (Å²) in [5.74, 6) is -0.428. The van der Waals surface area contributed by atoms with Crippen LogP contribution < -0.4 is 11.1 Å². The van der Waals surface area contributed by atoms with E-state index in [1.165, 1.54) is 6.20 Å². The number of carbonyl (C=O) groups is 1. The number of rotatable bonds is 6. The monoisotopic (exact) mass is 488 g/mol. The largest absolute Gasteiger partial charge is 0.417 e. The first-order valence-corrected chi connectivity index (χ1v) is 10.1. The average Bonchev–Trinajstić information content (AvgIpc) is 3.34. The summed E-state index contributed by atoms with van der Waals surface area (Å²) in [6.45, 7) is -2.97. The molecule has 0 fully saturated rings. The Hall–Kier alpha value is -4.19. The Kier molecular flexibility index (Phi) is 6.56. The van der Waals surface area contributed by atoms with E-state index >= 15 is 0 Å². The fraction of sp³-hybridized carbons (Fsp3) is 0.130. The van der Waals surface area contributed by atoms with Crippen molar-refractivity contribution in [3.8, 4) is 22.5 Å². The zero-order chi connectivity index (χ0) is 25.2. The number of amides is 1. The molecule has 7 nitrogen and oxygen atoms in total. The molecule has 0 spiro atoms. The number of anilines is 1. The van der Waals surface area contributed by atoms with Crippen LogP contribution >= 0.6 is 0 Å². The van der Waals surface area contributed by atoms with Crippen molar-refractivity contribution in [3.05, 3.63) is 83.9 Å². The summed E-state index contributed by atoms with van der Waals surface area (Å²) in [4.78, 5) is 21.4. The van der Waals surface area contributed by atoms with Gasteiger partial charge in [0.25, 0.3) is 5.91 Å². The summed E-state index contributed by atoms with van der Waals surface area (Å²) in [5.41, 5.74) is 4.73. The van der Waals surface area contributed by atoms with Crippen molar-refractivity contribution in [1.82, 2.24) is 19.7 Å². The van der Waals surface area contributed by atoms with E-state index in [9.17, 15) is 26.7 Å². The summed E-state index contributed by atoms with van der Waals surface area (Å²) >= 11 is 0. The molecule has 0 radical (unpaired) electrons. The van der Waals surface area contributed by atoms with Crippen molar-refractivity contribution in [1.29, 1.82) is 0 Å². The predicted molar refractivity (Wildman–Crippen MR) is 117 cm³/mol. The Morgan fingerprint density at radius 3 is 2.46 bits per heavy atom. The van der Waals surface area contributed by atoms with Gasteiger partial charge < -0.3 is 11.1 Å². The van der Waals surface area contributed by atoms with Crippen molar-refractivity contribution in [3.63, 3.8) is 0 Å². The second kappa shape index (κ2) is 9.58. The van der Waals surface area contributed by atoms with Gasteiger partial charge in [0.1, 0.15) is 5.82 Å².